The minimum Gasteiger partial charge on any atom is -0.394 e. The summed E-state index contributed by atoms with van der Waals surface area (Å²) in [5.41, 5.74) is 4.79. The Balaban J connectivity index is 2.61. The fraction of sp³-hybridized carbons (Fsp3) is 0.909. The van der Waals surface area contributed by atoms with Crippen LogP contribution in [0.5, 0.6) is 0 Å². The predicted molar refractivity (Wildman–Crippen MR) is 59.3 cm³/mol. The number of aliphatic hydroxyl groups excluding tert-OH is 1. The Hall–Kier alpha value is -0.610. The van der Waals surface area contributed by atoms with E-state index >= 15 is 0 Å². The molecule has 0 radical (unpaired) electrons. The molecule has 4 N–H and O–H groups in total. The summed E-state index contributed by atoms with van der Waals surface area (Å²) in [4.78, 5) is 12.0. The van der Waals surface area contributed by atoms with Crippen LogP contribution in [-0.4, -0.2) is 28.7 Å². The van der Waals surface area contributed by atoms with Crippen molar-refractivity contribution in [2.24, 2.45) is 5.73 Å². The molecule has 0 aromatic carbocycles. The van der Waals surface area contributed by atoms with E-state index in [1.807, 2.05) is 13.8 Å². The van der Waals surface area contributed by atoms with E-state index in [1.54, 1.807) is 0 Å². The number of carbonyl (C=O) groups is 1. The van der Waals surface area contributed by atoms with Gasteiger partial charge in [0.2, 0.25) is 5.91 Å². The Bertz CT molecular complexity index is 231. The molecule has 1 amide bonds. The fourth-order valence-corrected chi connectivity index (χ4v) is 1.87. The third-order valence-corrected chi connectivity index (χ3v) is 3.49. The highest BCUT2D eigenvalue weighted by Gasteiger charge is 2.39. The number of hydrogen-bond donors (Lipinski definition) is 3. The van der Waals surface area contributed by atoms with Gasteiger partial charge in [0.15, 0.2) is 0 Å². The predicted octanol–water partition coefficient (Wildman–Crippen LogP) is 0.535. The quantitative estimate of drug-likeness (QED) is 0.639. The molecule has 1 rings (SSSR count). The van der Waals surface area contributed by atoms with E-state index in [-0.39, 0.29) is 12.5 Å². The molecular weight excluding hydrogens is 192 g/mol. The van der Waals surface area contributed by atoms with Crippen molar-refractivity contribution in [3.63, 3.8) is 0 Å². The first kappa shape index (κ1) is 12.5. The Kier molecular flexibility index (Phi) is 3.73. The van der Waals surface area contributed by atoms with Gasteiger partial charge in [-0.05, 0) is 26.2 Å². The van der Waals surface area contributed by atoms with Crippen molar-refractivity contribution in [3.8, 4) is 0 Å². The van der Waals surface area contributed by atoms with Crippen molar-refractivity contribution in [2.45, 2.75) is 57.0 Å². The van der Waals surface area contributed by atoms with Gasteiger partial charge in [0.1, 0.15) is 0 Å². The molecule has 88 valence electrons. The maximum Gasteiger partial charge on any atom is 0.240 e. The first-order valence-electron chi connectivity index (χ1n) is 5.68. The Labute approximate surface area is 91.2 Å². The second-order valence-corrected chi connectivity index (χ2v) is 4.89. The highest BCUT2D eigenvalue weighted by molar-refractivity contribution is 5.87. The van der Waals surface area contributed by atoms with Crippen LogP contribution in [0.25, 0.3) is 0 Å². The van der Waals surface area contributed by atoms with Crippen molar-refractivity contribution in [2.75, 3.05) is 6.61 Å². The maximum absolute atomic E-state index is 12.0. The van der Waals surface area contributed by atoms with Crippen LogP contribution in [0.3, 0.4) is 0 Å². The van der Waals surface area contributed by atoms with Gasteiger partial charge < -0.3 is 16.2 Å². The lowest BCUT2D eigenvalue weighted by atomic mass is 9.94. The van der Waals surface area contributed by atoms with Crippen LogP contribution in [0.2, 0.25) is 0 Å². The minimum atomic E-state index is -0.703. The van der Waals surface area contributed by atoms with Gasteiger partial charge in [0.05, 0.1) is 17.7 Å². The highest BCUT2D eigenvalue weighted by atomic mass is 16.3. The SMILES string of the molecule is CCC(C)(CO)NC(=O)C1(N)CCCC1. The van der Waals surface area contributed by atoms with E-state index in [2.05, 4.69) is 5.32 Å². The lowest BCUT2D eigenvalue weighted by Gasteiger charge is -2.32. The summed E-state index contributed by atoms with van der Waals surface area (Å²) in [6, 6.07) is 0. The summed E-state index contributed by atoms with van der Waals surface area (Å²) in [7, 11) is 0. The van der Waals surface area contributed by atoms with Crippen LogP contribution >= 0.6 is 0 Å². The molecule has 0 aromatic heterocycles. The van der Waals surface area contributed by atoms with Gasteiger partial charge in [-0.2, -0.15) is 0 Å². The number of nitrogens with two attached hydrogens (primary N) is 1. The monoisotopic (exact) mass is 214 g/mol. The molecule has 1 aliphatic carbocycles. The molecule has 0 spiro atoms. The van der Waals surface area contributed by atoms with Crippen LogP contribution in [0.1, 0.15) is 46.0 Å². The lowest BCUT2D eigenvalue weighted by Crippen LogP contribution is -2.59. The smallest absolute Gasteiger partial charge is 0.240 e. The average Bonchev–Trinajstić information content (AvgIpc) is 2.66. The number of amides is 1. The van der Waals surface area contributed by atoms with Gasteiger partial charge in [-0.25, -0.2) is 0 Å². The second kappa shape index (κ2) is 4.49. The van der Waals surface area contributed by atoms with E-state index < -0.39 is 11.1 Å². The molecule has 4 heteroatoms. The summed E-state index contributed by atoms with van der Waals surface area (Å²) < 4.78 is 0. The fourth-order valence-electron chi connectivity index (χ4n) is 1.87. The first-order valence-corrected chi connectivity index (χ1v) is 5.68. The van der Waals surface area contributed by atoms with Crippen molar-refractivity contribution in [1.29, 1.82) is 0 Å². The van der Waals surface area contributed by atoms with Crippen LogP contribution in [0.4, 0.5) is 0 Å². The molecule has 0 heterocycles. The molecule has 15 heavy (non-hydrogen) atoms. The molecule has 4 nitrogen and oxygen atoms in total. The zero-order chi connectivity index (χ0) is 11.5. The molecule has 1 atom stereocenters. The average molecular weight is 214 g/mol. The maximum atomic E-state index is 12.0. The molecule has 1 aliphatic rings. The number of rotatable bonds is 4. The number of aliphatic hydroxyl groups is 1. The highest BCUT2D eigenvalue weighted by Crippen LogP contribution is 2.28. The molecule has 0 saturated heterocycles. The second-order valence-electron chi connectivity index (χ2n) is 4.89. The van der Waals surface area contributed by atoms with Crippen LogP contribution in [-0.2, 0) is 4.79 Å². The van der Waals surface area contributed by atoms with E-state index in [4.69, 9.17) is 5.73 Å². The van der Waals surface area contributed by atoms with Gasteiger partial charge in [-0.15, -0.1) is 0 Å². The third kappa shape index (κ3) is 2.69. The Morgan fingerprint density at radius 2 is 2.07 bits per heavy atom. The summed E-state index contributed by atoms with van der Waals surface area (Å²) in [6.07, 6.45) is 4.25. The normalized spacial score (nSPS) is 23.5. The molecule has 1 unspecified atom stereocenters. The largest absolute Gasteiger partial charge is 0.394 e. The van der Waals surface area contributed by atoms with E-state index in [1.165, 1.54) is 0 Å². The zero-order valence-electron chi connectivity index (χ0n) is 9.68. The van der Waals surface area contributed by atoms with E-state index in [0.29, 0.717) is 6.42 Å². The zero-order valence-corrected chi connectivity index (χ0v) is 9.68. The van der Waals surface area contributed by atoms with Gasteiger partial charge in [0, 0.05) is 0 Å². The molecular formula is C11H22N2O2. The van der Waals surface area contributed by atoms with Crippen molar-refractivity contribution in [3.05, 3.63) is 0 Å². The number of nitrogens with one attached hydrogen (secondary N) is 1. The summed E-state index contributed by atoms with van der Waals surface area (Å²) in [6.45, 7) is 3.73. The molecule has 1 saturated carbocycles. The molecule has 0 aliphatic heterocycles. The summed E-state index contributed by atoms with van der Waals surface area (Å²) in [5.74, 6) is -0.113. The van der Waals surface area contributed by atoms with Crippen LogP contribution < -0.4 is 11.1 Å². The molecule has 0 bridgehead atoms. The van der Waals surface area contributed by atoms with Gasteiger partial charge >= 0.3 is 0 Å². The lowest BCUT2D eigenvalue weighted by molar-refractivity contribution is -0.128. The standard InChI is InChI=1S/C11H22N2O2/c1-3-10(2,8-14)13-9(15)11(12)6-4-5-7-11/h14H,3-8,12H2,1-2H3,(H,13,15). The minimum absolute atomic E-state index is 0.0503. The number of carbonyl (C=O) groups excluding carboxylic acids is 1. The van der Waals surface area contributed by atoms with Crippen molar-refractivity contribution in [1.82, 2.24) is 5.32 Å². The Morgan fingerprint density at radius 3 is 2.47 bits per heavy atom. The van der Waals surface area contributed by atoms with Gasteiger partial charge in [0.25, 0.3) is 0 Å². The Morgan fingerprint density at radius 1 is 1.53 bits per heavy atom. The summed E-state index contributed by atoms with van der Waals surface area (Å²) >= 11 is 0. The van der Waals surface area contributed by atoms with Crippen LogP contribution in [0, 0.1) is 0 Å². The van der Waals surface area contributed by atoms with Crippen molar-refractivity contribution >= 4 is 5.91 Å². The number of hydrogen-bond acceptors (Lipinski definition) is 3. The topological polar surface area (TPSA) is 75.3 Å². The van der Waals surface area contributed by atoms with Crippen LogP contribution in [0.15, 0.2) is 0 Å². The molecule has 1 fully saturated rings. The molecule has 0 aromatic rings. The summed E-state index contributed by atoms with van der Waals surface area (Å²) in [5, 5.41) is 12.1. The van der Waals surface area contributed by atoms with Gasteiger partial charge in [-0.3, -0.25) is 4.79 Å². The van der Waals surface area contributed by atoms with Gasteiger partial charge in [-0.1, -0.05) is 19.8 Å². The first-order chi connectivity index (χ1) is 6.96. The van der Waals surface area contributed by atoms with Crippen molar-refractivity contribution < 1.29 is 9.90 Å². The third-order valence-electron chi connectivity index (χ3n) is 3.49. The van der Waals surface area contributed by atoms with E-state index in [0.717, 1.165) is 25.7 Å². The van der Waals surface area contributed by atoms with E-state index in [9.17, 15) is 9.90 Å².